The highest BCUT2D eigenvalue weighted by Crippen LogP contribution is 2.44. The van der Waals surface area contributed by atoms with Crippen molar-refractivity contribution in [3.05, 3.63) is 27.7 Å². The number of benzene rings is 1. The Kier molecular flexibility index (Phi) is 5.55. The molecule has 0 radical (unpaired) electrons. The zero-order valence-corrected chi connectivity index (χ0v) is 16.8. The molecule has 0 saturated carbocycles. The second-order valence-electron chi connectivity index (χ2n) is 7.42. The molecule has 1 aromatic carbocycles. The summed E-state index contributed by atoms with van der Waals surface area (Å²) in [4.78, 5) is 4.76. The maximum Gasteiger partial charge on any atom is 0.125 e. The minimum Gasteiger partial charge on any atom is -0.491 e. The van der Waals surface area contributed by atoms with Gasteiger partial charge in [-0.15, -0.1) is 0 Å². The van der Waals surface area contributed by atoms with Crippen LogP contribution < -0.4 is 4.74 Å². The van der Waals surface area contributed by atoms with Gasteiger partial charge in [0, 0.05) is 42.8 Å². The van der Waals surface area contributed by atoms with Crippen LogP contribution in [0.2, 0.25) is 0 Å². The van der Waals surface area contributed by atoms with Crippen LogP contribution >= 0.6 is 15.9 Å². The van der Waals surface area contributed by atoms with Gasteiger partial charge in [-0.1, -0.05) is 15.9 Å². The van der Waals surface area contributed by atoms with E-state index in [2.05, 4.69) is 25.7 Å². The molecule has 4 rings (SSSR count). The number of hydrogen-bond donors (Lipinski definition) is 1. The largest absolute Gasteiger partial charge is 0.491 e. The minimum absolute atomic E-state index is 0.469. The smallest absolute Gasteiger partial charge is 0.125 e. The molecule has 0 aliphatic carbocycles. The van der Waals surface area contributed by atoms with E-state index in [1.165, 1.54) is 0 Å². The first-order valence-corrected chi connectivity index (χ1v) is 10.1. The standard InChI is InChI=1S/C19H27BrN2O4/c1-14-10-17-15(11-16(14)20)18(23)19(13-26-17,22-4-8-25-9-5-22)12-21-2-6-24-7-3-21/h10-11,18,23H,2-9,12-13H2,1H3. The Morgan fingerprint density at radius 3 is 2.46 bits per heavy atom. The van der Waals surface area contributed by atoms with Gasteiger partial charge in [0.1, 0.15) is 18.5 Å². The molecule has 0 aromatic heterocycles. The van der Waals surface area contributed by atoms with Crippen LogP contribution in [0.15, 0.2) is 16.6 Å². The first-order valence-electron chi connectivity index (χ1n) is 9.34. The number of morpholine rings is 2. The number of aliphatic hydroxyl groups is 1. The van der Waals surface area contributed by atoms with Crippen LogP contribution in [0, 0.1) is 6.92 Å². The van der Waals surface area contributed by atoms with Gasteiger partial charge in [0.15, 0.2) is 0 Å². The molecule has 2 atom stereocenters. The van der Waals surface area contributed by atoms with Crippen LogP contribution in [0.1, 0.15) is 17.2 Å². The van der Waals surface area contributed by atoms with Crippen LogP contribution in [0.5, 0.6) is 5.75 Å². The number of hydrogen-bond acceptors (Lipinski definition) is 6. The first kappa shape index (κ1) is 18.7. The Balaban J connectivity index is 1.68. The van der Waals surface area contributed by atoms with E-state index in [9.17, 15) is 5.11 Å². The highest BCUT2D eigenvalue weighted by Gasteiger charge is 2.50. The van der Waals surface area contributed by atoms with Crippen LogP contribution in [0.4, 0.5) is 0 Å². The normalized spacial score (nSPS) is 30.7. The Labute approximate surface area is 163 Å². The van der Waals surface area contributed by atoms with Gasteiger partial charge in [-0.05, 0) is 24.6 Å². The van der Waals surface area contributed by atoms with Gasteiger partial charge in [0.25, 0.3) is 0 Å². The summed E-state index contributed by atoms with van der Waals surface area (Å²) >= 11 is 3.61. The molecule has 0 bridgehead atoms. The van der Waals surface area contributed by atoms with Gasteiger partial charge in [0.05, 0.1) is 32.0 Å². The maximum absolute atomic E-state index is 11.5. The molecule has 7 heteroatoms. The minimum atomic E-state index is -0.607. The van der Waals surface area contributed by atoms with E-state index in [0.29, 0.717) is 19.8 Å². The Hall–Kier alpha value is -0.700. The van der Waals surface area contributed by atoms with Gasteiger partial charge in [-0.3, -0.25) is 9.80 Å². The summed E-state index contributed by atoms with van der Waals surface area (Å²) in [5.41, 5.74) is 1.51. The molecular formula is C19H27BrN2O4. The van der Waals surface area contributed by atoms with Gasteiger partial charge in [-0.25, -0.2) is 0 Å². The van der Waals surface area contributed by atoms with Gasteiger partial charge in [-0.2, -0.15) is 0 Å². The van der Waals surface area contributed by atoms with Crippen molar-refractivity contribution >= 4 is 15.9 Å². The maximum atomic E-state index is 11.5. The van der Waals surface area contributed by atoms with E-state index in [1.807, 2.05) is 19.1 Å². The Bertz CT molecular complexity index is 647. The SMILES string of the molecule is Cc1cc2c(cc1Br)C(O)C(CN1CCOCC1)(N1CCOCC1)CO2. The molecule has 26 heavy (non-hydrogen) atoms. The lowest BCUT2D eigenvalue weighted by atomic mass is 9.82. The van der Waals surface area contributed by atoms with Crippen molar-refractivity contribution in [3.63, 3.8) is 0 Å². The first-order chi connectivity index (χ1) is 12.6. The number of rotatable bonds is 3. The van der Waals surface area contributed by atoms with E-state index < -0.39 is 11.6 Å². The van der Waals surface area contributed by atoms with E-state index in [-0.39, 0.29) is 0 Å². The summed E-state index contributed by atoms with van der Waals surface area (Å²) in [5, 5.41) is 11.5. The summed E-state index contributed by atoms with van der Waals surface area (Å²) in [6.07, 6.45) is -0.607. The molecule has 2 unspecified atom stereocenters. The lowest BCUT2D eigenvalue weighted by Crippen LogP contribution is -2.66. The van der Waals surface area contributed by atoms with Crippen molar-refractivity contribution in [1.82, 2.24) is 9.80 Å². The molecule has 0 spiro atoms. The highest BCUT2D eigenvalue weighted by atomic mass is 79.9. The monoisotopic (exact) mass is 426 g/mol. The molecule has 2 saturated heterocycles. The summed E-state index contributed by atoms with van der Waals surface area (Å²) < 4.78 is 18.3. The molecule has 3 aliphatic heterocycles. The third-order valence-corrected chi connectivity index (χ3v) is 6.67. The quantitative estimate of drug-likeness (QED) is 0.791. The van der Waals surface area contributed by atoms with E-state index in [1.54, 1.807) is 0 Å². The van der Waals surface area contributed by atoms with Gasteiger partial charge >= 0.3 is 0 Å². The third-order valence-electron chi connectivity index (χ3n) is 5.81. The second kappa shape index (κ2) is 7.73. The molecule has 144 valence electrons. The topological polar surface area (TPSA) is 54.4 Å². The average Bonchev–Trinajstić information content (AvgIpc) is 2.67. The van der Waals surface area contributed by atoms with Crippen molar-refractivity contribution in [1.29, 1.82) is 0 Å². The molecule has 6 nitrogen and oxygen atoms in total. The van der Waals surface area contributed by atoms with Crippen LogP contribution in [0.3, 0.4) is 0 Å². The van der Waals surface area contributed by atoms with E-state index >= 15 is 0 Å². The summed E-state index contributed by atoms with van der Waals surface area (Å²) in [7, 11) is 0. The molecule has 1 aromatic rings. The number of aliphatic hydroxyl groups excluding tert-OH is 1. The molecule has 2 fully saturated rings. The Morgan fingerprint density at radius 2 is 1.77 bits per heavy atom. The molecule has 3 heterocycles. The van der Waals surface area contributed by atoms with Crippen LogP contribution in [-0.4, -0.2) is 86.2 Å². The number of ether oxygens (including phenoxy) is 3. The van der Waals surface area contributed by atoms with Crippen LogP contribution in [-0.2, 0) is 9.47 Å². The number of halogens is 1. The summed E-state index contributed by atoms with van der Waals surface area (Å²) in [6.45, 7) is 9.59. The van der Waals surface area contributed by atoms with Crippen molar-refractivity contribution in [3.8, 4) is 5.75 Å². The van der Waals surface area contributed by atoms with Crippen molar-refractivity contribution in [2.75, 3.05) is 65.8 Å². The van der Waals surface area contributed by atoms with Crippen molar-refractivity contribution in [2.45, 2.75) is 18.6 Å². The fourth-order valence-electron chi connectivity index (χ4n) is 4.23. The molecule has 3 aliphatic rings. The predicted molar refractivity (Wildman–Crippen MR) is 102 cm³/mol. The zero-order valence-electron chi connectivity index (χ0n) is 15.2. The Morgan fingerprint density at radius 1 is 1.12 bits per heavy atom. The predicted octanol–water partition coefficient (Wildman–Crippen LogP) is 1.59. The van der Waals surface area contributed by atoms with Crippen molar-refractivity contribution < 1.29 is 19.3 Å². The van der Waals surface area contributed by atoms with Gasteiger partial charge in [0.2, 0.25) is 0 Å². The summed E-state index contributed by atoms with van der Waals surface area (Å²) in [6, 6.07) is 4.03. The van der Waals surface area contributed by atoms with Crippen molar-refractivity contribution in [2.24, 2.45) is 0 Å². The third kappa shape index (κ3) is 3.41. The lowest BCUT2D eigenvalue weighted by Gasteiger charge is -2.52. The fraction of sp³-hybridized carbons (Fsp3) is 0.684. The average molecular weight is 427 g/mol. The zero-order chi connectivity index (χ0) is 18.1. The molecule has 0 amide bonds. The fourth-order valence-corrected chi connectivity index (χ4v) is 4.59. The molecular weight excluding hydrogens is 400 g/mol. The van der Waals surface area contributed by atoms with E-state index in [4.69, 9.17) is 14.2 Å². The second-order valence-corrected chi connectivity index (χ2v) is 8.28. The van der Waals surface area contributed by atoms with Gasteiger partial charge < -0.3 is 19.3 Å². The number of fused-ring (bicyclic) bond motifs is 1. The number of aryl methyl sites for hydroxylation is 1. The van der Waals surface area contributed by atoms with E-state index in [0.717, 1.165) is 67.3 Å². The summed E-state index contributed by atoms with van der Waals surface area (Å²) in [5.74, 6) is 0.795. The van der Waals surface area contributed by atoms with Crippen LogP contribution in [0.25, 0.3) is 0 Å². The highest BCUT2D eigenvalue weighted by molar-refractivity contribution is 9.10. The molecule has 1 N–H and O–H groups in total. The number of nitrogens with zero attached hydrogens (tertiary/aromatic N) is 2. The lowest BCUT2D eigenvalue weighted by molar-refractivity contribution is -0.125.